The summed E-state index contributed by atoms with van der Waals surface area (Å²) >= 11 is 0. The minimum Gasteiger partial charge on any atom is -0.342 e. The standard InChI is InChI=1S/C24H22F3N5O/c1-15-6-2-5-9-20(15)32-21(24(25,26)27)17(14-28-32)23(33)31-12-10-16(11-13-31)22-29-18-7-3-4-8-19(18)30-22/h2-9,14,16H,10-13H2,1H3,(H,29,30). The molecule has 3 heterocycles. The van der Waals surface area contributed by atoms with Crippen molar-refractivity contribution in [2.24, 2.45) is 0 Å². The maximum absolute atomic E-state index is 14.0. The van der Waals surface area contributed by atoms with Crippen molar-refractivity contribution in [2.75, 3.05) is 13.1 Å². The van der Waals surface area contributed by atoms with E-state index in [1.54, 1.807) is 31.2 Å². The van der Waals surface area contributed by atoms with Gasteiger partial charge in [0.25, 0.3) is 5.91 Å². The highest BCUT2D eigenvalue weighted by Gasteiger charge is 2.42. The molecule has 0 atom stereocenters. The van der Waals surface area contributed by atoms with Gasteiger partial charge in [0, 0.05) is 19.0 Å². The van der Waals surface area contributed by atoms with E-state index in [1.807, 2.05) is 24.3 Å². The number of nitrogens with zero attached hydrogens (tertiary/aromatic N) is 4. The molecule has 5 rings (SSSR count). The molecule has 1 amide bonds. The number of H-pyrrole nitrogens is 1. The molecule has 170 valence electrons. The Morgan fingerprint density at radius 2 is 1.76 bits per heavy atom. The molecular weight excluding hydrogens is 431 g/mol. The van der Waals surface area contributed by atoms with Crippen molar-refractivity contribution < 1.29 is 18.0 Å². The number of aryl methyl sites for hydroxylation is 1. The summed E-state index contributed by atoms with van der Waals surface area (Å²) in [7, 11) is 0. The van der Waals surface area contributed by atoms with Gasteiger partial charge in [-0.3, -0.25) is 4.79 Å². The van der Waals surface area contributed by atoms with E-state index in [0.717, 1.165) is 27.7 Å². The number of aromatic nitrogens is 4. The number of rotatable bonds is 3. The van der Waals surface area contributed by atoms with Crippen LogP contribution >= 0.6 is 0 Å². The van der Waals surface area contributed by atoms with Crippen molar-refractivity contribution in [1.82, 2.24) is 24.6 Å². The quantitative estimate of drug-likeness (QED) is 0.470. The van der Waals surface area contributed by atoms with Crippen LogP contribution in [0.5, 0.6) is 0 Å². The Hall–Kier alpha value is -3.62. The molecule has 0 radical (unpaired) electrons. The minimum atomic E-state index is -4.73. The Balaban J connectivity index is 1.38. The fraction of sp³-hybridized carbons (Fsp3) is 0.292. The van der Waals surface area contributed by atoms with E-state index in [4.69, 9.17) is 0 Å². The average molecular weight is 453 g/mol. The van der Waals surface area contributed by atoms with Crippen molar-refractivity contribution in [3.05, 3.63) is 77.4 Å². The number of halogens is 3. The van der Waals surface area contributed by atoms with E-state index in [2.05, 4.69) is 15.1 Å². The van der Waals surface area contributed by atoms with Crippen molar-refractivity contribution in [3.63, 3.8) is 0 Å². The molecule has 1 fully saturated rings. The van der Waals surface area contributed by atoms with Gasteiger partial charge in [-0.2, -0.15) is 18.3 Å². The van der Waals surface area contributed by atoms with Gasteiger partial charge in [0.05, 0.1) is 28.5 Å². The van der Waals surface area contributed by atoms with Crippen LogP contribution in [-0.2, 0) is 6.18 Å². The second-order valence-corrected chi connectivity index (χ2v) is 8.31. The Morgan fingerprint density at radius 3 is 2.45 bits per heavy atom. The topological polar surface area (TPSA) is 66.8 Å². The number of amides is 1. The molecule has 33 heavy (non-hydrogen) atoms. The van der Waals surface area contributed by atoms with Gasteiger partial charge in [-0.15, -0.1) is 0 Å². The molecular formula is C24H22F3N5O. The molecule has 4 aromatic rings. The third kappa shape index (κ3) is 3.88. The third-order valence-corrected chi connectivity index (χ3v) is 6.19. The second-order valence-electron chi connectivity index (χ2n) is 8.31. The average Bonchev–Trinajstić information content (AvgIpc) is 3.44. The van der Waals surface area contributed by atoms with Gasteiger partial charge in [0.1, 0.15) is 5.82 Å². The van der Waals surface area contributed by atoms with Crippen LogP contribution in [0, 0.1) is 6.92 Å². The first-order chi connectivity index (χ1) is 15.8. The molecule has 2 aromatic carbocycles. The lowest BCUT2D eigenvalue weighted by molar-refractivity contribution is -0.143. The fourth-order valence-corrected chi connectivity index (χ4v) is 4.45. The van der Waals surface area contributed by atoms with Gasteiger partial charge in [-0.05, 0) is 43.5 Å². The van der Waals surface area contributed by atoms with Crippen LogP contribution < -0.4 is 0 Å². The molecule has 0 saturated carbocycles. The Morgan fingerprint density at radius 1 is 1.06 bits per heavy atom. The number of nitrogens with one attached hydrogen (secondary N) is 1. The number of aromatic amines is 1. The van der Waals surface area contributed by atoms with Crippen molar-refractivity contribution in [3.8, 4) is 5.69 Å². The second kappa shape index (κ2) is 8.06. The zero-order valence-corrected chi connectivity index (χ0v) is 17.9. The van der Waals surface area contributed by atoms with Crippen LogP contribution in [0.2, 0.25) is 0 Å². The number of para-hydroxylation sites is 3. The molecule has 1 N–H and O–H groups in total. The molecule has 0 spiro atoms. The minimum absolute atomic E-state index is 0.123. The normalized spacial score (nSPS) is 15.3. The smallest absolute Gasteiger partial charge is 0.342 e. The fourth-order valence-electron chi connectivity index (χ4n) is 4.45. The molecule has 0 bridgehead atoms. The number of alkyl halides is 3. The lowest BCUT2D eigenvalue weighted by Crippen LogP contribution is -2.38. The molecule has 1 aliphatic rings. The molecule has 0 aliphatic carbocycles. The number of carbonyl (C=O) groups excluding carboxylic acids is 1. The van der Waals surface area contributed by atoms with Crippen molar-refractivity contribution in [1.29, 1.82) is 0 Å². The highest BCUT2D eigenvalue weighted by atomic mass is 19.4. The predicted molar refractivity (Wildman–Crippen MR) is 117 cm³/mol. The monoisotopic (exact) mass is 453 g/mol. The van der Waals surface area contributed by atoms with Crippen LogP contribution in [-0.4, -0.2) is 43.6 Å². The third-order valence-electron chi connectivity index (χ3n) is 6.19. The first-order valence-corrected chi connectivity index (χ1v) is 10.8. The lowest BCUT2D eigenvalue weighted by atomic mass is 9.95. The van der Waals surface area contributed by atoms with Gasteiger partial charge < -0.3 is 9.88 Å². The van der Waals surface area contributed by atoms with E-state index in [0.29, 0.717) is 37.2 Å². The molecule has 9 heteroatoms. The molecule has 0 unspecified atom stereocenters. The van der Waals surface area contributed by atoms with Crippen molar-refractivity contribution in [2.45, 2.75) is 31.9 Å². The largest absolute Gasteiger partial charge is 0.434 e. The summed E-state index contributed by atoms with van der Waals surface area (Å²) in [6.45, 7) is 2.42. The summed E-state index contributed by atoms with van der Waals surface area (Å²) in [6.07, 6.45) is -2.45. The molecule has 6 nitrogen and oxygen atoms in total. The number of benzene rings is 2. The van der Waals surface area contributed by atoms with Crippen LogP contribution in [0.3, 0.4) is 0 Å². The highest BCUT2D eigenvalue weighted by molar-refractivity contribution is 5.95. The number of hydrogen-bond acceptors (Lipinski definition) is 3. The number of imidazole rings is 1. The molecule has 1 aliphatic heterocycles. The van der Waals surface area contributed by atoms with Crippen LogP contribution in [0.4, 0.5) is 13.2 Å². The van der Waals surface area contributed by atoms with Gasteiger partial charge in [-0.1, -0.05) is 30.3 Å². The number of fused-ring (bicyclic) bond motifs is 1. The molecule has 1 saturated heterocycles. The maximum Gasteiger partial charge on any atom is 0.434 e. The van der Waals surface area contributed by atoms with Crippen LogP contribution in [0.15, 0.2) is 54.7 Å². The molecule has 2 aromatic heterocycles. The Kier molecular flexibility index (Phi) is 5.19. The summed E-state index contributed by atoms with van der Waals surface area (Å²) < 4.78 is 42.9. The number of likely N-dealkylation sites (tertiary alicyclic amines) is 1. The lowest BCUT2D eigenvalue weighted by Gasteiger charge is -2.31. The zero-order valence-electron chi connectivity index (χ0n) is 17.9. The van der Waals surface area contributed by atoms with E-state index >= 15 is 0 Å². The number of hydrogen-bond donors (Lipinski definition) is 1. The summed E-state index contributed by atoms with van der Waals surface area (Å²) in [6, 6.07) is 14.4. The van der Waals surface area contributed by atoms with Gasteiger partial charge >= 0.3 is 6.18 Å². The SMILES string of the molecule is Cc1ccccc1-n1ncc(C(=O)N2CCC(c3nc4ccccc4[nH]3)CC2)c1C(F)(F)F. The van der Waals surface area contributed by atoms with Crippen LogP contribution in [0.1, 0.15) is 46.2 Å². The van der Waals surface area contributed by atoms with E-state index in [-0.39, 0.29) is 5.92 Å². The van der Waals surface area contributed by atoms with Gasteiger partial charge in [0.2, 0.25) is 0 Å². The van der Waals surface area contributed by atoms with E-state index in [1.165, 1.54) is 4.90 Å². The summed E-state index contributed by atoms with van der Waals surface area (Å²) in [5.74, 6) is 0.329. The van der Waals surface area contributed by atoms with Gasteiger partial charge in [0.15, 0.2) is 5.69 Å². The summed E-state index contributed by atoms with van der Waals surface area (Å²) in [4.78, 5) is 22.6. The highest BCUT2D eigenvalue weighted by Crippen LogP contribution is 2.36. The first kappa shape index (κ1) is 21.2. The first-order valence-electron chi connectivity index (χ1n) is 10.8. The number of piperidine rings is 1. The van der Waals surface area contributed by atoms with Crippen LogP contribution in [0.25, 0.3) is 16.7 Å². The maximum atomic E-state index is 14.0. The summed E-state index contributed by atoms with van der Waals surface area (Å²) in [5.41, 5.74) is 1.30. The zero-order chi connectivity index (χ0) is 23.2. The number of carbonyl (C=O) groups is 1. The van der Waals surface area contributed by atoms with Crippen molar-refractivity contribution >= 4 is 16.9 Å². The van der Waals surface area contributed by atoms with Gasteiger partial charge in [-0.25, -0.2) is 9.67 Å². The predicted octanol–water partition coefficient (Wildman–Crippen LogP) is 5.10. The Labute approximate surface area is 188 Å². The van der Waals surface area contributed by atoms with E-state index in [9.17, 15) is 18.0 Å². The summed E-state index contributed by atoms with van der Waals surface area (Å²) in [5, 5.41) is 3.95. The Bertz CT molecular complexity index is 1280. The van der Waals surface area contributed by atoms with E-state index < -0.39 is 23.3 Å².